The van der Waals surface area contributed by atoms with Gasteiger partial charge in [-0.2, -0.15) is 0 Å². The molecule has 0 atom stereocenters. The van der Waals surface area contributed by atoms with Crippen LogP contribution < -0.4 is 4.74 Å². The van der Waals surface area contributed by atoms with Gasteiger partial charge in [-0.25, -0.2) is 4.79 Å². The van der Waals surface area contributed by atoms with E-state index in [1.165, 1.54) is 0 Å². The van der Waals surface area contributed by atoms with Crippen molar-refractivity contribution in [2.45, 2.75) is 6.29 Å². The van der Waals surface area contributed by atoms with Gasteiger partial charge >= 0.3 is 5.97 Å². The van der Waals surface area contributed by atoms with Crippen molar-refractivity contribution in [1.82, 2.24) is 0 Å². The summed E-state index contributed by atoms with van der Waals surface area (Å²) in [5.74, 6) is -0.507. The van der Waals surface area contributed by atoms with Crippen LogP contribution in [0, 0.1) is 0 Å². The fraction of sp³-hybridized carbons (Fsp3) is 0.364. The molecule has 1 aromatic rings. The monoisotopic (exact) mass is 483 g/mol. The van der Waals surface area contributed by atoms with E-state index in [-0.39, 0.29) is 6.61 Å². The predicted molar refractivity (Wildman–Crippen MR) is 56.3 cm³/mol. The van der Waals surface area contributed by atoms with Gasteiger partial charge in [-0.1, -0.05) is 12.1 Å². The van der Waals surface area contributed by atoms with E-state index in [0.717, 1.165) is 5.56 Å². The van der Waals surface area contributed by atoms with Crippen molar-refractivity contribution in [1.29, 1.82) is 0 Å². The van der Waals surface area contributed by atoms with E-state index >= 15 is 0 Å². The van der Waals surface area contributed by atoms with Gasteiger partial charge in [-0.15, -0.1) is 0 Å². The Hall–Kier alpha value is -2.59. The molecular formula is C11H14FmO5. The minimum absolute atomic E-state index is 0. The topological polar surface area (TPSA) is 65.0 Å². The smallest absolute Gasteiger partial charge is 0.341 e. The fourth-order valence-electron chi connectivity index (χ4n) is 1.23. The summed E-state index contributed by atoms with van der Waals surface area (Å²) in [6, 6.07) is 6.86. The van der Waals surface area contributed by atoms with Gasteiger partial charge < -0.3 is 19.3 Å². The third kappa shape index (κ3) is 4.19. The van der Waals surface area contributed by atoms with Gasteiger partial charge in [0.1, 0.15) is 5.75 Å². The molecule has 1 aromatic carbocycles. The summed E-state index contributed by atoms with van der Waals surface area (Å²) in [5, 5.41) is 8.43. The van der Waals surface area contributed by atoms with E-state index < -0.39 is 12.3 Å². The maximum atomic E-state index is 10.3. The van der Waals surface area contributed by atoms with E-state index in [0.29, 0.717) is 5.75 Å². The molecule has 100 valence electrons. The molecular weight excluding hydrogens is 469 g/mol. The molecule has 0 aliphatic carbocycles. The number of aliphatic carboxylic acids is 1. The van der Waals surface area contributed by atoms with Gasteiger partial charge in [0.25, 0.3) is 0 Å². The maximum Gasteiger partial charge on any atom is 0.341 e. The summed E-state index contributed by atoms with van der Waals surface area (Å²) >= 11 is 0. The SMILES string of the molecule is COC(OC)c1ccc(OCC(=O)O)cc1.[Fm]. The molecule has 0 aromatic heterocycles. The number of hydrogen-bond acceptors (Lipinski definition) is 4. The van der Waals surface area contributed by atoms with Gasteiger partial charge in [0.05, 0.1) is 0 Å². The van der Waals surface area contributed by atoms with Crippen LogP contribution >= 0.6 is 0 Å². The summed E-state index contributed by atoms with van der Waals surface area (Å²) in [7, 11) is 3.09. The van der Waals surface area contributed by atoms with Crippen LogP contribution in [0.2, 0.25) is 0 Å². The number of carboxylic acids is 1. The van der Waals surface area contributed by atoms with Crippen LogP contribution in [-0.4, -0.2) is 31.9 Å². The van der Waals surface area contributed by atoms with Gasteiger partial charge in [0, 0.05) is 19.8 Å². The average Bonchev–Trinajstić information content (AvgIpc) is 2.29. The number of carbonyl (C=O) groups is 1. The van der Waals surface area contributed by atoms with Crippen LogP contribution in [0.5, 0.6) is 5.75 Å². The Morgan fingerprint density at radius 3 is 2.18 bits per heavy atom. The second-order valence-electron chi connectivity index (χ2n) is 3.05. The van der Waals surface area contributed by atoms with Crippen LogP contribution in [0.25, 0.3) is 0 Å². The van der Waals surface area contributed by atoms with Gasteiger partial charge in [0.2, 0.25) is 0 Å². The molecule has 0 saturated carbocycles. The zero-order valence-electron chi connectivity index (χ0n) is 9.46. The third-order valence-electron chi connectivity index (χ3n) is 1.94. The normalized spacial score (nSPS) is 9.82. The van der Waals surface area contributed by atoms with E-state index in [9.17, 15) is 4.79 Å². The van der Waals surface area contributed by atoms with Crippen molar-refractivity contribution in [3.63, 3.8) is 0 Å². The van der Waals surface area contributed by atoms with Gasteiger partial charge in [0.15, 0.2) is 12.9 Å². The molecule has 17 heavy (non-hydrogen) atoms. The summed E-state index contributed by atoms with van der Waals surface area (Å²) in [6.07, 6.45) is -0.423. The number of benzene rings is 1. The Labute approximate surface area is 93.6 Å². The Balaban J connectivity index is 0.00000256. The molecule has 0 saturated heterocycles. The minimum Gasteiger partial charge on any atom is -0.482 e. The first-order valence-corrected chi connectivity index (χ1v) is 4.67. The minimum atomic E-state index is -1.00. The second kappa shape index (κ2) is 6.81. The quantitative estimate of drug-likeness (QED) is 0.621. The van der Waals surface area contributed by atoms with Crippen molar-refractivity contribution >= 4 is 5.97 Å². The fourth-order valence-corrected chi connectivity index (χ4v) is 1.23. The Morgan fingerprint density at radius 1 is 1.24 bits per heavy atom. The largest absolute Gasteiger partial charge is 0.482 e. The summed E-state index contributed by atoms with van der Waals surface area (Å²) in [4.78, 5) is 10.3. The van der Waals surface area contributed by atoms with Crippen molar-refractivity contribution in [2.75, 3.05) is 20.8 Å². The van der Waals surface area contributed by atoms with Crippen molar-refractivity contribution in [3.8, 4) is 5.75 Å². The second-order valence-corrected chi connectivity index (χ2v) is 3.05. The predicted octanol–water partition coefficient (Wildman–Crippen LogP) is 1.44. The number of methoxy groups -OCH3 is 2. The average molecular weight is 483 g/mol. The van der Waals surface area contributed by atoms with Crippen LogP contribution in [0.15, 0.2) is 24.3 Å². The van der Waals surface area contributed by atoms with Crippen LogP contribution in [0.4, 0.5) is 0 Å². The Kier molecular flexibility index (Phi) is 5.78. The first kappa shape index (κ1) is 14.4. The number of hydrogen-bond donors (Lipinski definition) is 1. The van der Waals surface area contributed by atoms with E-state index in [1.807, 2.05) is 0 Å². The van der Waals surface area contributed by atoms with E-state index in [1.54, 1.807) is 38.5 Å². The van der Waals surface area contributed by atoms with Crippen LogP contribution in [-0.2, 0) is 14.3 Å². The molecule has 1 rings (SSSR count). The summed E-state index contributed by atoms with van der Waals surface area (Å²) in [5.41, 5.74) is 0.840. The summed E-state index contributed by atoms with van der Waals surface area (Å²) < 4.78 is 15.1. The number of ether oxygens (including phenoxy) is 3. The summed E-state index contributed by atoms with van der Waals surface area (Å²) in [6.45, 7) is -0.350. The van der Waals surface area contributed by atoms with Gasteiger partial charge in [-0.05, 0) is 12.1 Å². The first-order valence-electron chi connectivity index (χ1n) is 4.67. The third-order valence-corrected chi connectivity index (χ3v) is 1.94. The molecule has 0 heterocycles. The van der Waals surface area contributed by atoms with Crippen molar-refractivity contribution < 1.29 is 24.1 Å². The molecule has 0 spiro atoms. The van der Waals surface area contributed by atoms with Crippen LogP contribution in [0.3, 0.4) is 0 Å². The Morgan fingerprint density at radius 2 is 1.76 bits per heavy atom. The number of carboxylic acid groups (broad SMARTS) is 1. The van der Waals surface area contributed by atoms with Crippen molar-refractivity contribution in [3.05, 3.63) is 29.8 Å². The van der Waals surface area contributed by atoms with E-state index in [2.05, 4.69) is 0 Å². The molecule has 0 bridgehead atoms. The van der Waals surface area contributed by atoms with Crippen LogP contribution in [0.1, 0.15) is 11.9 Å². The first-order chi connectivity index (χ1) is 7.67. The molecule has 0 fully saturated rings. The van der Waals surface area contributed by atoms with E-state index in [4.69, 9.17) is 19.3 Å². The molecule has 5 nitrogen and oxygen atoms in total. The Bertz CT molecular complexity index is 334. The molecule has 0 radical (unpaired) electrons. The molecule has 0 aliphatic heterocycles. The molecule has 0 amide bonds. The standard InChI is InChI=1S/C11H14O5.Fm/c1-14-11(15-2)8-3-5-9(6-4-8)16-7-10(12)13;/h3-6,11H,7H2,1-2H3,(H,12,13);. The van der Waals surface area contributed by atoms with Crippen molar-refractivity contribution in [2.24, 2.45) is 0 Å². The molecule has 1 N–H and O–H groups in total. The zero-order valence-corrected chi connectivity index (χ0v) is 11.9. The number of rotatable bonds is 6. The molecule has 6 heteroatoms. The zero-order chi connectivity index (χ0) is 12.0. The maximum absolute atomic E-state index is 10.3. The molecule has 0 aliphatic rings. The van der Waals surface area contributed by atoms with Gasteiger partial charge in [-0.3, -0.25) is 0 Å². The molecule has 0 unspecified atom stereocenters.